The van der Waals surface area contributed by atoms with Gasteiger partial charge in [-0.05, 0) is 50.3 Å². The molecular weight excluding hydrogens is 373 g/mol. The molecule has 1 N–H and O–H groups in total. The lowest BCUT2D eigenvalue weighted by molar-refractivity contribution is -0.274. The second-order valence-corrected chi connectivity index (χ2v) is 6.48. The van der Waals surface area contributed by atoms with E-state index in [1.165, 1.54) is 18.2 Å². The number of carbonyl (C=O) groups excluding carboxylic acids is 1. The van der Waals surface area contributed by atoms with Crippen molar-refractivity contribution in [3.05, 3.63) is 59.8 Å². The smallest absolute Gasteiger partial charge is 0.422 e. The molecule has 0 aliphatic rings. The second kappa shape index (κ2) is 7.93. The molecule has 0 aliphatic carbocycles. The number of likely N-dealkylation sites (N-methyl/N-ethyl adjacent to an activating group) is 1. The van der Waals surface area contributed by atoms with Crippen molar-refractivity contribution >= 4 is 16.9 Å². The third-order valence-corrected chi connectivity index (χ3v) is 4.11. The Balaban J connectivity index is 1.91. The van der Waals surface area contributed by atoms with E-state index in [9.17, 15) is 18.0 Å². The third-order valence-electron chi connectivity index (χ3n) is 4.11. The molecule has 5 nitrogen and oxygen atoms in total. The summed E-state index contributed by atoms with van der Waals surface area (Å²) in [7, 11) is 3.90. The Labute approximate surface area is 159 Å². The van der Waals surface area contributed by atoms with Gasteiger partial charge in [-0.3, -0.25) is 0 Å². The number of halogens is 3. The first-order valence-corrected chi connectivity index (χ1v) is 8.55. The van der Waals surface area contributed by atoms with E-state index in [0.717, 1.165) is 35.5 Å². The maximum absolute atomic E-state index is 12.6. The molecule has 0 saturated carbocycles. The topological polar surface area (TPSA) is 54.6 Å². The highest BCUT2D eigenvalue weighted by Crippen LogP contribution is 2.32. The fourth-order valence-corrected chi connectivity index (χ4v) is 2.85. The molecule has 2 aromatic carbocycles. The lowest BCUT2D eigenvalue weighted by Gasteiger charge is -2.13. The molecule has 0 bridgehead atoms. The predicted molar refractivity (Wildman–Crippen MR) is 98.6 cm³/mol. The summed E-state index contributed by atoms with van der Waals surface area (Å²) in [6, 6.07) is 10.3. The largest absolute Gasteiger partial charge is 0.573 e. The number of hydrogen-bond acceptors (Lipinski definition) is 4. The molecule has 0 spiro atoms. The van der Waals surface area contributed by atoms with Crippen molar-refractivity contribution in [2.24, 2.45) is 0 Å². The van der Waals surface area contributed by atoms with E-state index in [2.05, 4.69) is 9.72 Å². The van der Waals surface area contributed by atoms with Crippen LogP contribution in [0.5, 0.6) is 11.5 Å². The number of nitrogens with zero attached hydrogens (tertiary/aromatic N) is 1. The first kappa shape index (κ1) is 19.8. The normalized spacial score (nSPS) is 11.8. The Morgan fingerprint density at radius 2 is 1.79 bits per heavy atom. The van der Waals surface area contributed by atoms with Gasteiger partial charge in [0.15, 0.2) is 0 Å². The molecule has 3 aromatic rings. The fraction of sp³-hybridized carbons (Fsp3) is 0.250. The maximum Gasteiger partial charge on any atom is 0.573 e. The summed E-state index contributed by atoms with van der Waals surface area (Å²) in [4.78, 5) is 17.7. The Morgan fingerprint density at radius 1 is 1.07 bits per heavy atom. The summed E-state index contributed by atoms with van der Waals surface area (Å²) >= 11 is 0. The number of hydrogen-bond donors (Lipinski definition) is 1. The number of carbonyl (C=O) groups is 1. The van der Waals surface area contributed by atoms with Crippen LogP contribution in [-0.2, 0) is 6.42 Å². The van der Waals surface area contributed by atoms with Crippen molar-refractivity contribution in [2.45, 2.75) is 12.8 Å². The van der Waals surface area contributed by atoms with Gasteiger partial charge in [-0.1, -0.05) is 18.2 Å². The average molecular weight is 392 g/mol. The van der Waals surface area contributed by atoms with Gasteiger partial charge in [0, 0.05) is 23.6 Å². The molecule has 0 radical (unpaired) electrons. The van der Waals surface area contributed by atoms with Crippen LogP contribution in [0, 0.1) is 0 Å². The highest BCUT2D eigenvalue weighted by molar-refractivity contribution is 5.97. The SMILES string of the molecule is CN(C)CCc1c[nH]c2cccc(OC(=O)c3ccccc3OC(F)(F)F)c12. The maximum atomic E-state index is 12.6. The van der Waals surface area contributed by atoms with Crippen LogP contribution in [-0.4, -0.2) is 42.9 Å². The van der Waals surface area contributed by atoms with Crippen molar-refractivity contribution in [1.29, 1.82) is 0 Å². The molecule has 0 fully saturated rings. The van der Waals surface area contributed by atoms with Crippen LogP contribution in [0.2, 0.25) is 0 Å². The van der Waals surface area contributed by atoms with Gasteiger partial charge in [-0.2, -0.15) is 0 Å². The molecule has 0 saturated heterocycles. The third kappa shape index (κ3) is 4.64. The highest BCUT2D eigenvalue weighted by Gasteiger charge is 2.33. The van der Waals surface area contributed by atoms with Gasteiger partial charge in [0.05, 0.1) is 0 Å². The van der Waals surface area contributed by atoms with Gasteiger partial charge < -0.3 is 19.4 Å². The number of benzene rings is 2. The minimum Gasteiger partial charge on any atom is -0.422 e. The number of alkyl halides is 3. The van der Waals surface area contributed by atoms with Crippen molar-refractivity contribution in [1.82, 2.24) is 9.88 Å². The minimum absolute atomic E-state index is 0.277. The molecule has 0 atom stereocenters. The number of aromatic amines is 1. The fourth-order valence-electron chi connectivity index (χ4n) is 2.85. The second-order valence-electron chi connectivity index (χ2n) is 6.48. The summed E-state index contributed by atoms with van der Waals surface area (Å²) in [6.07, 6.45) is -2.35. The van der Waals surface area contributed by atoms with Gasteiger partial charge in [-0.25, -0.2) is 4.79 Å². The Bertz CT molecular complexity index is 980. The zero-order valence-corrected chi connectivity index (χ0v) is 15.3. The minimum atomic E-state index is -4.91. The molecule has 148 valence electrons. The lowest BCUT2D eigenvalue weighted by Crippen LogP contribution is -2.20. The number of aromatic nitrogens is 1. The molecule has 28 heavy (non-hydrogen) atoms. The molecule has 1 heterocycles. The molecular formula is C20H19F3N2O3. The zero-order valence-electron chi connectivity index (χ0n) is 15.3. The monoisotopic (exact) mass is 392 g/mol. The molecule has 8 heteroatoms. The van der Waals surface area contributed by atoms with E-state index in [4.69, 9.17) is 4.74 Å². The van der Waals surface area contributed by atoms with Gasteiger partial charge in [0.25, 0.3) is 0 Å². The van der Waals surface area contributed by atoms with Gasteiger partial charge in [0.2, 0.25) is 0 Å². The first-order chi connectivity index (χ1) is 13.2. The summed E-state index contributed by atoms with van der Waals surface area (Å²) in [5.41, 5.74) is 1.42. The standard InChI is InChI=1S/C20H19F3N2O3/c1-25(2)11-10-13-12-24-15-7-5-9-17(18(13)15)27-19(26)14-6-3-4-8-16(14)28-20(21,22)23/h3-9,12,24H,10-11H2,1-2H3. The first-order valence-electron chi connectivity index (χ1n) is 8.55. The summed E-state index contributed by atoms with van der Waals surface area (Å²) in [5.74, 6) is -1.25. The van der Waals surface area contributed by atoms with E-state index in [1.54, 1.807) is 12.1 Å². The van der Waals surface area contributed by atoms with E-state index in [0.29, 0.717) is 0 Å². The van der Waals surface area contributed by atoms with Crippen LogP contribution >= 0.6 is 0 Å². The van der Waals surface area contributed by atoms with Crippen LogP contribution in [0.4, 0.5) is 13.2 Å². The van der Waals surface area contributed by atoms with Crippen LogP contribution in [0.25, 0.3) is 10.9 Å². The Kier molecular flexibility index (Phi) is 5.60. The molecule has 0 amide bonds. The number of esters is 1. The summed E-state index contributed by atoms with van der Waals surface area (Å²) in [5, 5.41) is 0.729. The molecule has 0 unspecified atom stereocenters. The molecule has 3 rings (SSSR count). The van der Waals surface area contributed by atoms with E-state index in [-0.39, 0.29) is 11.3 Å². The van der Waals surface area contributed by atoms with Crippen molar-refractivity contribution < 1.29 is 27.4 Å². The number of rotatable bonds is 6. The lowest BCUT2D eigenvalue weighted by atomic mass is 10.1. The average Bonchev–Trinajstić information content (AvgIpc) is 3.03. The van der Waals surface area contributed by atoms with Crippen LogP contribution in [0.15, 0.2) is 48.7 Å². The van der Waals surface area contributed by atoms with Crippen molar-refractivity contribution in [3.8, 4) is 11.5 Å². The van der Waals surface area contributed by atoms with E-state index < -0.39 is 18.1 Å². The number of fused-ring (bicyclic) bond motifs is 1. The highest BCUT2D eigenvalue weighted by atomic mass is 19.4. The van der Waals surface area contributed by atoms with Crippen molar-refractivity contribution in [3.63, 3.8) is 0 Å². The number of para-hydroxylation sites is 1. The van der Waals surface area contributed by atoms with E-state index >= 15 is 0 Å². The van der Waals surface area contributed by atoms with E-state index in [1.807, 2.05) is 31.3 Å². The molecule has 0 aliphatic heterocycles. The van der Waals surface area contributed by atoms with Gasteiger partial charge >= 0.3 is 12.3 Å². The quantitative estimate of drug-likeness (QED) is 0.499. The summed E-state index contributed by atoms with van der Waals surface area (Å²) < 4.78 is 47.2. The number of ether oxygens (including phenoxy) is 2. The predicted octanol–water partition coefficient (Wildman–Crippen LogP) is 4.39. The van der Waals surface area contributed by atoms with Crippen LogP contribution in [0.1, 0.15) is 15.9 Å². The number of nitrogens with one attached hydrogen (secondary N) is 1. The van der Waals surface area contributed by atoms with Gasteiger partial charge in [-0.15, -0.1) is 13.2 Å². The van der Waals surface area contributed by atoms with Gasteiger partial charge in [0.1, 0.15) is 17.1 Å². The van der Waals surface area contributed by atoms with Crippen molar-refractivity contribution in [2.75, 3.05) is 20.6 Å². The Hall–Kier alpha value is -3.00. The van der Waals surface area contributed by atoms with Crippen LogP contribution in [0.3, 0.4) is 0 Å². The van der Waals surface area contributed by atoms with Crippen LogP contribution < -0.4 is 9.47 Å². The summed E-state index contributed by atoms with van der Waals surface area (Å²) in [6.45, 7) is 0.789. The zero-order chi connectivity index (χ0) is 20.3. The number of H-pyrrole nitrogens is 1. The molecule has 1 aromatic heterocycles. The Morgan fingerprint density at radius 3 is 2.50 bits per heavy atom.